The zero-order valence-electron chi connectivity index (χ0n) is 17.4. The van der Waals surface area contributed by atoms with Crippen molar-refractivity contribution in [1.82, 2.24) is 9.21 Å². The number of para-hydroxylation sites is 1. The van der Waals surface area contributed by atoms with Crippen LogP contribution in [0.15, 0.2) is 18.2 Å². The van der Waals surface area contributed by atoms with Crippen LogP contribution in [0.3, 0.4) is 0 Å². The molecule has 0 aromatic heterocycles. The summed E-state index contributed by atoms with van der Waals surface area (Å²) in [6.07, 6.45) is 0.699. The first kappa shape index (κ1) is 22.4. The third-order valence-electron chi connectivity index (χ3n) is 5.16. The Morgan fingerprint density at radius 1 is 1.32 bits per heavy atom. The Bertz CT molecular complexity index is 812. The van der Waals surface area contributed by atoms with E-state index < -0.39 is 16.1 Å². The Morgan fingerprint density at radius 3 is 2.50 bits per heavy atom. The van der Waals surface area contributed by atoms with Crippen molar-refractivity contribution in [2.45, 2.75) is 26.0 Å². The van der Waals surface area contributed by atoms with Crippen molar-refractivity contribution in [3.8, 4) is 5.75 Å². The minimum absolute atomic E-state index is 0.148. The molecule has 0 unspecified atom stereocenters. The predicted octanol–water partition coefficient (Wildman–Crippen LogP) is 0.864. The van der Waals surface area contributed by atoms with E-state index in [2.05, 4.69) is 0 Å². The molecule has 1 N–H and O–H groups in total. The van der Waals surface area contributed by atoms with Gasteiger partial charge in [-0.2, -0.15) is 0 Å². The number of carbonyl (C=O) groups is 1. The van der Waals surface area contributed by atoms with E-state index in [9.17, 15) is 18.3 Å². The summed E-state index contributed by atoms with van der Waals surface area (Å²) in [5.74, 6) is 0.0821. The summed E-state index contributed by atoms with van der Waals surface area (Å²) in [5.41, 5.74) is 1.15. The SMILES string of the molecule is C[C@@H]1CN([C@@H](C)CO)C(=O)c2cccc(N(C)C)c2O[C@H]1CN(C)S(C)(=O)=O. The molecule has 8 nitrogen and oxygen atoms in total. The maximum Gasteiger partial charge on any atom is 0.258 e. The molecule has 1 amide bonds. The molecule has 1 aromatic rings. The standard InChI is InChI=1S/C19H31N3O5S/c1-13-10-22(14(2)12-23)19(24)15-8-7-9-16(20(3)4)18(15)27-17(13)11-21(5)28(6,25)26/h7-9,13-14,17,23H,10-12H2,1-6H3/t13-,14+,17+/m1/s1. The number of ether oxygens (including phenoxy) is 1. The number of anilines is 1. The highest BCUT2D eigenvalue weighted by atomic mass is 32.2. The van der Waals surface area contributed by atoms with Gasteiger partial charge in [0.1, 0.15) is 6.10 Å². The Hall–Kier alpha value is -1.84. The fraction of sp³-hybridized carbons (Fsp3) is 0.632. The van der Waals surface area contributed by atoms with Crippen LogP contribution in [0.4, 0.5) is 5.69 Å². The molecule has 0 aliphatic carbocycles. The van der Waals surface area contributed by atoms with Gasteiger partial charge in [-0.3, -0.25) is 4.79 Å². The maximum absolute atomic E-state index is 13.2. The molecule has 2 rings (SSSR count). The summed E-state index contributed by atoms with van der Waals surface area (Å²) in [6.45, 7) is 4.08. The van der Waals surface area contributed by atoms with Gasteiger partial charge in [0.15, 0.2) is 5.75 Å². The average molecular weight is 414 g/mol. The average Bonchev–Trinajstić information content (AvgIpc) is 2.62. The van der Waals surface area contributed by atoms with Gasteiger partial charge in [-0.05, 0) is 19.1 Å². The van der Waals surface area contributed by atoms with Crippen molar-refractivity contribution in [3.63, 3.8) is 0 Å². The number of nitrogens with zero attached hydrogens (tertiary/aromatic N) is 3. The van der Waals surface area contributed by atoms with Gasteiger partial charge in [-0.25, -0.2) is 12.7 Å². The summed E-state index contributed by atoms with van der Waals surface area (Å²) in [5, 5.41) is 9.64. The van der Waals surface area contributed by atoms with E-state index in [0.29, 0.717) is 17.9 Å². The number of sulfonamides is 1. The number of carbonyl (C=O) groups excluding carboxylic acids is 1. The first-order valence-electron chi connectivity index (χ1n) is 9.27. The fourth-order valence-corrected chi connectivity index (χ4v) is 3.60. The largest absolute Gasteiger partial charge is 0.486 e. The van der Waals surface area contributed by atoms with Gasteiger partial charge < -0.3 is 19.6 Å². The number of hydrogen-bond acceptors (Lipinski definition) is 6. The van der Waals surface area contributed by atoms with Crippen molar-refractivity contribution in [2.24, 2.45) is 5.92 Å². The van der Waals surface area contributed by atoms with Gasteiger partial charge in [0.25, 0.3) is 5.91 Å². The van der Waals surface area contributed by atoms with Crippen LogP contribution < -0.4 is 9.64 Å². The topological polar surface area (TPSA) is 90.4 Å². The number of aliphatic hydroxyl groups excluding tert-OH is 1. The van der Waals surface area contributed by atoms with Gasteiger partial charge in [-0.15, -0.1) is 0 Å². The van der Waals surface area contributed by atoms with Crippen LogP contribution in [-0.2, 0) is 10.0 Å². The lowest BCUT2D eigenvalue weighted by atomic mass is 9.99. The van der Waals surface area contributed by atoms with Crippen molar-refractivity contribution < 1.29 is 23.1 Å². The zero-order valence-corrected chi connectivity index (χ0v) is 18.2. The first-order chi connectivity index (χ1) is 13.0. The van der Waals surface area contributed by atoms with Crippen LogP contribution in [0, 0.1) is 5.92 Å². The van der Waals surface area contributed by atoms with Gasteiger partial charge in [0.05, 0.1) is 36.7 Å². The summed E-state index contributed by atoms with van der Waals surface area (Å²) < 4.78 is 31.4. The Labute approximate surface area is 167 Å². The summed E-state index contributed by atoms with van der Waals surface area (Å²) in [7, 11) is 1.86. The molecular weight excluding hydrogens is 382 g/mol. The van der Waals surface area contributed by atoms with E-state index in [4.69, 9.17) is 4.74 Å². The highest BCUT2D eigenvalue weighted by molar-refractivity contribution is 7.88. The molecule has 1 aliphatic heterocycles. The van der Waals surface area contributed by atoms with Crippen LogP contribution in [0.1, 0.15) is 24.2 Å². The van der Waals surface area contributed by atoms with Gasteiger partial charge in [0.2, 0.25) is 10.0 Å². The van der Waals surface area contributed by atoms with E-state index in [1.807, 2.05) is 32.0 Å². The summed E-state index contributed by atoms with van der Waals surface area (Å²) in [6, 6.07) is 4.99. The molecule has 0 bridgehead atoms. The second-order valence-corrected chi connectivity index (χ2v) is 9.80. The number of likely N-dealkylation sites (N-methyl/N-ethyl adjacent to an activating group) is 1. The maximum atomic E-state index is 13.2. The monoisotopic (exact) mass is 413 g/mol. The zero-order chi connectivity index (χ0) is 21.2. The van der Waals surface area contributed by atoms with Crippen LogP contribution in [0.5, 0.6) is 5.75 Å². The van der Waals surface area contributed by atoms with Crippen LogP contribution in [0.25, 0.3) is 0 Å². The molecule has 1 aliphatic rings. The Balaban J connectivity index is 2.56. The molecule has 1 aromatic carbocycles. The second-order valence-electron chi connectivity index (χ2n) is 7.71. The number of rotatable bonds is 6. The first-order valence-corrected chi connectivity index (χ1v) is 11.1. The Kier molecular flexibility index (Phi) is 6.95. The van der Waals surface area contributed by atoms with Crippen molar-refractivity contribution in [3.05, 3.63) is 23.8 Å². The fourth-order valence-electron chi connectivity index (χ4n) is 3.19. The number of amides is 1. The quantitative estimate of drug-likeness (QED) is 0.744. The van der Waals surface area contributed by atoms with E-state index in [1.165, 1.54) is 11.4 Å². The lowest BCUT2D eigenvalue weighted by Crippen LogP contribution is -2.50. The number of aliphatic hydroxyl groups is 1. The lowest BCUT2D eigenvalue weighted by Gasteiger charge is -2.38. The number of fused-ring (bicyclic) bond motifs is 1. The van der Waals surface area contributed by atoms with E-state index in [1.54, 1.807) is 24.0 Å². The number of hydrogen-bond donors (Lipinski definition) is 1. The number of benzene rings is 1. The highest BCUT2D eigenvalue weighted by Gasteiger charge is 2.35. The molecule has 0 fully saturated rings. The minimum atomic E-state index is -3.37. The molecule has 0 saturated heterocycles. The molecule has 1 heterocycles. The van der Waals surface area contributed by atoms with Crippen LogP contribution in [-0.4, -0.2) is 87.9 Å². The van der Waals surface area contributed by atoms with E-state index in [0.717, 1.165) is 11.9 Å². The van der Waals surface area contributed by atoms with Crippen LogP contribution in [0.2, 0.25) is 0 Å². The van der Waals surface area contributed by atoms with Crippen molar-refractivity contribution in [2.75, 3.05) is 52.0 Å². The molecular formula is C19H31N3O5S. The normalized spacial score (nSPS) is 21.6. The van der Waals surface area contributed by atoms with Crippen molar-refractivity contribution >= 4 is 21.6 Å². The molecule has 0 spiro atoms. The Morgan fingerprint density at radius 2 is 1.96 bits per heavy atom. The van der Waals surface area contributed by atoms with Crippen LogP contribution >= 0.6 is 0 Å². The second kappa shape index (κ2) is 8.67. The van der Waals surface area contributed by atoms with Gasteiger partial charge >= 0.3 is 0 Å². The van der Waals surface area contributed by atoms with E-state index >= 15 is 0 Å². The minimum Gasteiger partial charge on any atom is -0.486 e. The lowest BCUT2D eigenvalue weighted by molar-refractivity contribution is 0.0388. The van der Waals surface area contributed by atoms with Gasteiger partial charge in [-0.1, -0.05) is 13.0 Å². The third kappa shape index (κ3) is 4.76. The smallest absolute Gasteiger partial charge is 0.258 e. The van der Waals surface area contributed by atoms with Crippen molar-refractivity contribution in [1.29, 1.82) is 0 Å². The molecule has 158 valence electrons. The molecule has 0 radical (unpaired) electrons. The summed E-state index contributed by atoms with van der Waals surface area (Å²) in [4.78, 5) is 16.7. The third-order valence-corrected chi connectivity index (χ3v) is 6.44. The molecule has 3 atom stereocenters. The molecule has 28 heavy (non-hydrogen) atoms. The summed E-state index contributed by atoms with van der Waals surface area (Å²) >= 11 is 0. The van der Waals surface area contributed by atoms with Gasteiger partial charge in [0, 0.05) is 33.6 Å². The predicted molar refractivity (Wildman–Crippen MR) is 109 cm³/mol. The van der Waals surface area contributed by atoms with E-state index in [-0.39, 0.29) is 31.0 Å². The molecule has 0 saturated carbocycles. The highest BCUT2D eigenvalue weighted by Crippen LogP contribution is 2.36. The molecule has 9 heteroatoms.